The van der Waals surface area contributed by atoms with Gasteiger partial charge in [0.1, 0.15) is 11.5 Å². The number of anilines is 1. The summed E-state index contributed by atoms with van der Waals surface area (Å²) in [6.07, 6.45) is 2.55. The molecule has 5 heteroatoms. The van der Waals surface area contributed by atoms with Gasteiger partial charge in [-0.25, -0.2) is 0 Å². The molecule has 0 radical (unpaired) electrons. The normalized spacial score (nSPS) is 14.1. The van der Waals surface area contributed by atoms with E-state index in [2.05, 4.69) is 10.3 Å². The Morgan fingerprint density at radius 3 is 2.55 bits per heavy atom. The highest BCUT2D eigenvalue weighted by Crippen LogP contribution is 2.28. The molecule has 1 fully saturated rings. The van der Waals surface area contributed by atoms with Gasteiger partial charge < -0.3 is 15.8 Å². The first-order valence-corrected chi connectivity index (χ1v) is 7.19. The minimum atomic E-state index is 0. The highest BCUT2D eigenvalue weighted by atomic mass is 127. The van der Waals surface area contributed by atoms with E-state index >= 15 is 0 Å². The summed E-state index contributed by atoms with van der Waals surface area (Å²) < 4.78 is 5.79. The summed E-state index contributed by atoms with van der Waals surface area (Å²) in [6.45, 7) is 0.818. The number of rotatable bonds is 5. The number of ether oxygens (including phenoxy) is 1. The molecule has 1 aliphatic rings. The number of nitrogens with two attached hydrogens (primary N) is 1. The fourth-order valence-electron chi connectivity index (χ4n) is 1.98. The van der Waals surface area contributed by atoms with Crippen molar-refractivity contribution in [3.8, 4) is 11.5 Å². The zero-order valence-electron chi connectivity index (χ0n) is 12.2. The molecule has 1 aliphatic carbocycles. The molecule has 3 rings (SSSR count). The van der Waals surface area contributed by atoms with E-state index in [1.54, 1.807) is 0 Å². The molecule has 0 saturated heterocycles. The Bertz CT molecular complexity index is 627. The topological polar surface area (TPSA) is 59.6 Å². The van der Waals surface area contributed by atoms with Gasteiger partial charge in [-0.3, -0.25) is 4.99 Å². The largest absolute Gasteiger partial charge is 0.457 e. The Balaban J connectivity index is 0.00000176. The summed E-state index contributed by atoms with van der Waals surface area (Å²) in [5.74, 6) is 2.77. The smallest absolute Gasteiger partial charge is 0.193 e. The number of nitrogens with zero attached hydrogens (tertiary/aromatic N) is 1. The van der Waals surface area contributed by atoms with Gasteiger partial charge in [0.25, 0.3) is 0 Å². The van der Waals surface area contributed by atoms with Crippen LogP contribution in [0.2, 0.25) is 0 Å². The Kier molecular flexibility index (Phi) is 6.06. The molecule has 1 saturated carbocycles. The fourth-order valence-corrected chi connectivity index (χ4v) is 1.98. The quantitative estimate of drug-likeness (QED) is 0.442. The van der Waals surface area contributed by atoms with Gasteiger partial charge in [-0.05, 0) is 43.0 Å². The molecule has 0 unspecified atom stereocenters. The average Bonchev–Trinajstić information content (AvgIpc) is 3.31. The molecule has 0 heterocycles. The van der Waals surface area contributed by atoms with Crippen LogP contribution in [-0.4, -0.2) is 12.5 Å². The molecular formula is C17H20IN3O. The van der Waals surface area contributed by atoms with Gasteiger partial charge in [0, 0.05) is 18.3 Å². The third-order valence-electron chi connectivity index (χ3n) is 3.30. The van der Waals surface area contributed by atoms with E-state index in [0.717, 1.165) is 29.6 Å². The minimum absolute atomic E-state index is 0. The van der Waals surface area contributed by atoms with Gasteiger partial charge >= 0.3 is 0 Å². The van der Waals surface area contributed by atoms with Crippen molar-refractivity contribution in [3.05, 3.63) is 54.6 Å². The van der Waals surface area contributed by atoms with Crippen LogP contribution in [0.5, 0.6) is 11.5 Å². The number of para-hydroxylation sites is 1. The molecule has 0 aliphatic heterocycles. The number of hydrogen-bond donors (Lipinski definition) is 2. The molecular weight excluding hydrogens is 389 g/mol. The van der Waals surface area contributed by atoms with E-state index < -0.39 is 0 Å². The lowest BCUT2D eigenvalue weighted by molar-refractivity contribution is 0.483. The molecule has 0 bridgehead atoms. The number of guanidine groups is 1. The minimum Gasteiger partial charge on any atom is -0.457 e. The van der Waals surface area contributed by atoms with E-state index in [1.807, 2.05) is 54.6 Å². The molecule has 116 valence electrons. The zero-order valence-corrected chi connectivity index (χ0v) is 14.6. The van der Waals surface area contributed by atoms with Crippen LogP contribution >= 0.6 is 24.0 Å². The maximum Gasteiger partial charge on any atom is 0.193 e. The summed E-state index contributed by atoms with van der Waals surface area (Å²) >= 11 is 0. The molecule has 22 heavy (non-hydrogen) atoms. The number of hydrogen-bond acceptors (Lipinski definition) is 2. The number of halogens is 1. The number of benzene rings is 2. The fraction of sp³-hybridized carbons (Fsp3) is 0.235. The lowest BCUT2D eigenvalue weighted by Crippen LogP contribution is -2.23. The summed E-state index contributed by atoms with van der Waals surface area (Å²) in [5.41, 5.74) is 6.76. The Morgan fingerprint density at radius 2 is 1.82 bits per heavy atom. The third-order valence-corrected chi connectivity index (χ3v) is 3.30. The van der Waals surface area contributed by atoms with Crippen molar-refractivity contribution in [3.63, 3.8) is 0 Å². The van der Waals surface area contributed by atoms with E-state index in [-0.39, 0.29) is 24.0 Å². The lowest BCUT2D eigenvalue weighted by Gasteiger charge is -2.09. The Morgan fingerprint density at radius 1 is 1.09 bits per heavy atom. The number of aliphatic imine (C=N–C) groups is 1. The van der Waals surface area contributed by atoms with Crippen molar-refractivity contribution in [2.45, 2.75) is 12.8 Å². The molecule has 0 spiro atoms. The number of nitrogens with one attached hydrogen (secondary N) is 1. The summed E-state index contributed by atoms with van der Waals surface area (Å²) in [4.78, 5) is 4.34. The monoisotopic (exact) mass is 409 g/mol. The van der Waals surface area contributed by atoms with Crippen LogP contribution in [0.15, 0.2) is 59.6 Å². The molecule has 2 aromatic carbocycles. The van der Waals surface area contributed by atoms with E-state index in [0.29, 0.717) is 5.96 Å². The average molecular weight is 409 g/mol. The van der Waals surface area contributed by atoms with E-state index in [1.165, 1.54) is 12.8 Å². The van der Waals surface area contributed by atoms with Crippen molar-refractivity contribution in [2.75, 3.05) is 11.9 Å². The van der Waals surface area contributed by atoms with Crippen LogP contribution in [0.3, 0.4) is 0 Å². The van der Waals surface area contributed by atoms with Crippen LogP contribution in [0.4, 0.5) is 5.69 Å². The van der Waals surface area contributed by atoms with Crippen molar-refractivity contribution < 1.29 is 4.74 Å². The molecule has 0 amide bonds. The Labute approximate surface area is 147 Å². The van der Waals surface area contributed by atoms with E-state index in [9.17, 15) is 0 Å². The standard InChI is InChI=1S/C17H19N3O.HI/c18-17(19-12-13-9-10-13)20-14-5-4-8-16(11-14)21-15-6-2-1-3-7-15;/h1-8,11,13H,9-10,12H2,(H3,18,19,20);1H. The van der Waals surface area contributed by atoms with Gasteiger partial charge in [-0.15, -0.1) is 24.0 Å². The first-order chi connectivity index (χ1) is 10.3. The van der Waals surface area contributed by atoms with Crippen LogP contribution in [0.25, 0.3) is 0 Å². The molecule has 0 atom stereocenters. The van der Waals surface area contributed by atoms with E-state index in [4.69, 9.17) is 10.5 Å². The van der Waals surface area contributed by atoms with Gasteiger partial charge in [0.15, 0.2) is 5.96 Å². The van der Waals surface area contributed by atoms with Gasteiger partial charge in [0.2, 0.25) is 0 Å². The Hall–Kier alpha value is -1.76. The van der Waals surface area contributed by atoms with Crippen molar-refractivity contribution in [1.82, 2.24) is 0 Å². The van der Waals surface area contributed by atoms with Crippen molar-refractivity contribution in [1.29, 1.82) is 0 Å². The van der Waals surface area contributed by atoms with Gasteiger partial charge in [-0.1, -0.05) is 24.3 Å². The van der Waals surface area contributed by atoms with Gasteiger partial charge in [0.05, 0.1) is 0 Å². The SMILES string of the molecule is I.NC(=NCC1CC1)Nc1cccc(Oc2ccccc2)c1. The molecule has 3 N–H and O–H groups in total. The van der Waals surface area contributed by atoms with Crippen molar-refractivity contribution in [2.24, 2.45) is 16.6 Å². The van der Waals surface area contributed by atoms with Gasteiger partial charge in [-0.2, -0.15) is 0 Å². The predicted molar refractivity (Wildman–Crippen MR) is 101 cm³/mol. The summed E-state index contributed by atoms with van der Waals surface area (Å²) in [7, 11) is 0. The molecule has 2 aromatic rings. The summed E-state index contributed by atoms with van der Waals surface area (Å²) in [5, 5.41) is 3.10. The highest BCUT2D eigenvalue weighted by Gasteiger charge is 2.20. The predicted octanol–water partition coefficient (Wildman–Crippen LogP) is 4.23. The maximum absolute atomic E-state index is 5.88. The second-order valence-corrected chi connectivity index (χ2v) is 5.24. The highest BCUT2D eigenvalue weighted by molar-refractivity contribution is 14.0. The zero-order chi connectivity index (χ0) is 14.5. The molecule has 0 aromatic heterocycles. The summed E-state index contributed by atoms with van der Waals surface area (Å²) in [6, 6.07) is 17.4. The van der Waals surface area contributed by atoms with Crippen LogP contribution in [-0.2, 0) is 0 Å². The lowest BCUT2D eigenvalue weighted by atomic mass is 10.3. The maximum atomic E-state index is 5.88. The first kappa shape index (κ1) is 16.6. The molecule has 4 nitrogen and oxygen atoms in total. The van der Waals surface area contributed by atoms with Crippen molar-refractivity contribution >= 4 is 35.6 Å². The second kappa shape index (κ2) is 8.03. The second-order valence-electron chi connectivity index (χ2n) is 5.24. The van der Waals surface area contributed by atoms with Crippen LogP contribution in [0.1, 0.15) is 12.8 Å². The first-order valence-electron chi connectivity index (χ1n) is 7.19. The van der Waals surface area contributed by atoms with Crippen LogP contribution in [0, 0.1) is 5.92 Å². The third kappa shape index (κ3) is 5.22. The van der Waals surface area contributed by atoms with Crippen LogP contribution < -0.4 is 15.8 Å².